The Kier molecular flexibility index (Phi) is 10.2. The molecule has 0 spiro atoms. The molecule has 2 aromatic heterocycles. The van der Waals surface area contributed by atoms with Crippen LogP contribution in [-0.4, -0.2) is 9.13 Å². The minimum Gasteiger partial charge on any atom is -0.310 e. The fourth-order valence-electron chi connectivity index (χ4n) is 8.96. The number of hydrogen-bond donors (Lipinski definition) is 0. The van der Waals surface area contributed by atoms with E-state index in [4.69, 9.17) is 0 Å². The van der Waals surface area contributed by atoms with Crippen LogP contribution in [0, 0.1) is 5.41 Å². The maximum absolute atomic E-state index is 4.29. The smallest absolute Gasteiger partial charge is 0.0541 e. The van der Waals surface area contributed by atoms with Gasteiger partial charge in [-0.2, -0.15) is 0 Å². The largest absolute Gasteiger partial charge is 0.310 e. The van der Waals surface area contributed by atoms with Crippen molar-refractivity contribution in [2.24, 2.45) is 5.41 Å². The molecule has 292 valence electrons. The van der Waals surface area contributed by atoms with Gasteiger partial charge in [0, 0.05) is 38.3 Å². The van der Waals surface area contributed by atoms with E-state index in [2.05, 4.69) is 231 Å². The molecule has 0 aliphatic heterocycles. The maximum Gasteiger partial charge on any atom is 0.0541 e. The van der Waals surface area contributed by atoms with E-state index in [-0.39, 0.29) is 5.41 Å². The Morgan fingerprint density at radius 2 is 0.967 bits per heavy atom. The number of rotatable bonds is 8. The lowest BCUT2D eigenvalue weighted by molar-refractivity contribution is 0.722. The van der Waals surface area contributed by atoms with Crippen LogP contribution in [0.1, 0.15) is 45.9 Å². The summed E-state index contributed by atoms with van der Waals surface area (Å²) < 4.78 is 4.79. The molecule has 1 aliphatic rings. The molecule has 0 saturated heterocycles. The first-order valence-electron chi connectivity index (χ1n) is 21.2. The van der Waals surface area contributed by atoms with Gasteiger partial charge in [-0.05, 0) is 112 Å². The van der Waals surface area contributed by atoms with E-state index >= 15 is 0 Å². The molecule has 1 aliphatic carbocycles. The van der Waals surface area contributed by atoms with Crippen molar-refractivity contribution in [3.8, 4) is 55.9 Å². The second kappa shape index (κ2) is 15.9. The fraction of sp³-hybridized carbons (Fsp3) is 0.103. The lowest BCUT2D eigenvalue weighted by atomic mass is 9.95. The minimum atomic E-state index is -0.0451. The van der Waals surface area contributed by atoms with Crippen LogP contribution >= 0.6 is 0 Å². The van der Waals surface area contributed by atoms with Gasteiger partial charge in [0.15, 0.2) is 0 Å². The summed E-state index contributed by atoms with van der Waals surface area (Å²) in [6.45, 7) is 15.0. The van der Waals surface area contributed by atoms with Crippen LogP contribution in [-0.2, 0) is 0 Å². The highest BCUT2D eigenvalue weighted by Gasteiger charge is 2.22. The summed E-state index contributed by atoms with van der Waals surface area (Å²) in [5, 5.41) is 5.03. The summed E-state index contributed by atoms with van der Waals surface area (Å²) in [5.74, 6) is 0. The van der Waals surface area contributed by atoms with E-state index in [1.807, 2.05) is 19.9 Å². The first-order valence-corrected chi connectivity index (χ1v) is 21.2. The highest BCUT2D eigenvalue weighted by atomic mass is 15.0. The van der Waals surface area contributed by atoms with Gasteiger partial charge in [-0.3, -0.25) is 0 Å². The monoisotopic (exact) mass is 774 g/mol. The van der Waals surface area contributed by atoms with Crippen LogP contribution in [0.5, 0.6) is 0 Å². The van der Waals surface area contributed by atoms with Gasteiger partial charge < -0.3 is 9.13 Å². The summed E-state index contributed by atoms with van der Waals surface area (Å²) in [6.07, 6.45) is 11.2. The number of fused-ring (bicyclic) bond motifs is 4. The first kappa shape index (κ1) is 38.4. The second-order valence-electron chi connectivity index (χ2n) is 16.0. The molecule has 0 unspecified atom stereocenters. The van der Waals surface area contributed by atoms with Crippen molar-refractivity contribution in [1.82, 2.24) is 9.13 Å². The first-order chi connectivity index (χ1) is 29.4. The molecule has 9 aromatic rings. The molecule has 10 rings (SSSR count). The standard InChI is InChI=1S/C56H44N2.C2H6/c1-5-15-48-49-34-44(26-30-53(49)58(52(48)6-2)47-23-14-22-43(33-47)39-18-11-8-12-19-39)45-27-31-54-50(35-45)51-36-56(3,4)37-55(51)57(54)46-28-24-40(25-29-46)42-21-13-20-41(32-42)38-16-9-7-10-17-38;1-2/h5-37H,2H2,1,3-4H3;1-2H3/b15-5-;. The van der Waals surface area contributed by atoms with Crippen molar-refractivity contribution in [1.29, 1.82) is 0 Å². The van der Waals surface area contributed by atoms with Crippen molar-refractivity contribution in [3.63, 3.8) is 0 Å². The zero-order valence-electron chi connectivity index (χ0n) is 35.2. The molecule has 0 amide bonds. The van der Waals surface area contributed by atoms with Gasteiger partial charge in [0.05, 0.1) is 22.1 Å². The molecule has 0 bridgehead atoms. The lowest BCUT2D eigenvalue weighted by Gasteiger charge is -2.13. The minimum absolute atomic E-state index is 0.0451. The average molecular weight is 775 g/mol. The topological polar surface area (TPSA) is 9.86 Å². The second-order valence-corrected chi connectivity index (χ2v) is 16.0. The quantitative estimate of drug-likeness (QED) is 0.146. The molecule has 2 heterocycles. The Bertz CT molecular complexity index is 3190. The molecule has 7 aromatic carbocycles. The molecule has 0 radical (unpaired) electrons. The Hall–Kier alpha value is -7.16. The van der Waals surface area contributed by atoms with E-state index in [1.54, 1.807) is 0 Å². The number of aromatic nitrogens is 2. The van der Waals surface area contributed by atoms with Crippen molar-refractivity contribution in [3.05, 3.63) is 204 Å². The van der Waals surface area contributed by atoms with Crippen molar-refractivity contribution in [2.45, 2.75) is 34.6 Å². The van der Waals surface area contributed by atoms with Gasteiger partial charge in [0.2, 0.25) is 0 Å². The van der Waals surface area contributed by atoms with Gasteiger partial charge in [-0.1, -0.05) is 174 Å². The molecular weight excluding hydrogens is 725 g/mol. The summed E-state index contributed by atoms with van der Waals surface area (Å²) >= 11 is 0. The summed E-state index contributed by atoms with van der Waals surface area (Å²) in [4.78, 5) is 0. The molecule has 0 fully saturated rings. The Balaban J connectivity index is 0.00000228. The van der Waals surface area contributed by atoms with Gasteiger partial charge >= 0.3 is 0 Å². The maximum atomic E-state index is 4.29. The summed E-state index contributed by atoms with van der Waals surface area (Å²) in [7, 11) is 0. The molecule has 2 nitrogen and oxygen atoms in total. The number of nitrogens with zero attached hydrogens (tertiary/aromatic N) is 2. The molecular formula is C58H50N2. The fourth-order valence-corrected chi connectivity index (χ4v) is 8.96. The van der Waals surface area contributed by atoms with Crippen molar-refractivity contribution in [2.75, 3.05) is 0 Å². The third-order valence-electron chi connectivity index (χ3n) is 11.6. The highest BCUT2D eigenvalue weighted by molar-refractivity contribution is 5.99. The predicted molar refractivity (Wildman–Crippen MR) is 260 cm³/mol. The number of benzene rings is 7. The van der Waals surface area contributed by atoms with Gasteiger partial charge in [0.25, 0.3) is 0 Å². The Morgan fingerprint density at radius 3 is 1.57 bits per heavy atom. The number of allylic oxidation sites excluding steroid dienone is 1. The average Bonchev–Trinajstić information content (AvgIpc) is 3.90. The van der Waals surface area contributed by atoms with Crippen LogP contribution < -0.4 is 10.6 Å². The van der Waals surface area contributed by atoms with Gasteiger partial charge in [-0.15, -0.1) is 0 Å². The SMILES string of the molecule is C=Cc1c(/C=C\C)c2cc(-c3ccc4c(c3)c3c(n4-c4ccc(-c5cccc(-c6ccccc6)c5)cc4)=CC(C)(C)C=3)ccc2n1-c1cccc(-c2ccccc2)c1.CC. The molecule has 0 atom stereocenters. The van der Waals surface area contributed by atoms with Crippen LogP contribution in [0.2, 0.25) is 0 Å². The van der Waals surface area contributed by atoms with Crippen LogP contribution in [0.15, 0.2) is 183 Å². The van der Waals surface area contributed by atoms with Crippen molar-refractivity contribution >= 4 is 46.1 Å². The lowest BCUT2D eigenvalue weighted by Crippen LogP contribution is -2.25. The number of hydrogen-bond acceptors (Lipinski definition) is 0. The van der Waals surface area contributed by atoms with Crippen LogP contribution in [0.4, 0.5) is 0 Å². The third-order valence-corrected chi connectivity index (χ3v) is 11.6. The van der Waals surface area contributed by atoms with E-state index in [0.717, 1.165) is 22.6 Å². The Labute approximate surface area is 354 Å². The predicted octanol–water partition coefficient (Wildman–Crippen LogP) is 14.5. The zero-order chi connectivity index (χ0) is 41.4. The Morgan fingerprint density at radius 1 is 0.467 bits per heavy atom. The molecule has 60 heavy (non-hydrogen) atoms. The third kappa shape index (κ3) is 6.84. The van der Waals surface area contributed by atoms with E-state index < -0.39 is 0 Å². The normalized spacial score (nSPS) is 12.8. The molecule has 0 N–H and O–H groups in total. The zero-order valence-corrected chi connectivity index (χ0v) is 35.2. The van der Waals surface area contributed by atoms with Crippen molar-refractivity contribution < 1.29 is 0 Å². The molecule has 2 heteroatoms. The van der Waals surface area contributed by atoms with E-state index in [1.165, 1.54) is 76.9 Å². The molecule has 0 saturated carbocycles. The van der Waals surface area contributed by atoms with Gasteiger partial charge in [-0.25, -0.2) is 0 Å². The summed E-state index contributed by atoms with van der Waals surface area (Å²) in [5.41, 5.74) is 16.5. The van der Waals surface area contributed by atoms with E-state index in [9.17, 15) is 0 Å². The van der Waals surface area contributed by atoms with Crippen LogP contribution in [0.3, 0.4) is 0 Å². The summed E-state index contributed by atoms with van der Waals surface area (Å²) in [6, 6.07) is 61.8. The van der Waals surface area contributed by atoms with E-state index in [0.29, 0.717) is 0 Å². The van der Waals surface area contributed by atoms with Crippen LogP contribution in [0.25, 0.3) is 102 Å². The highest BCUT2D eigenvalue weighted by Crippen LogP contribution is 2.37. The van der Waals surface area contributed by atoms with Gasteiger partial charge in [0.1, 0.15) is 0 Å².